The Kier molecular flexibility index (Phi) is 33.6. The summed E-state index contributed by atoms with van der Waals surface area (Å²) in [7, 11) is 0. The van der Waals surface area contributed by atoms with Crippen molar-refractivity contribution in [2.45, 2.75) is 201 Å². The lowest BCUT2D eigenvalue weighted by atomic mass is 9.99. The number of unbranched alkanes of at least 4 members (excludes halogenated alkanes) is 22. The molecule has 0 aromatic rings. The van der Waals surface area contributed by atoms with Crippen LogP contribution in [0, 0.1) is 0 Å². The highest BCUT2D eigenvalue weighted by molar-refractivity contribution is 5.02. The fourth-order valence-electron chi connectivity index (χ4n) is 5.88. The largest absolute Gasteiger partial charge is 0.395 e. The van der Waals surface area contributed by atoms with Crippen LogP contribution in [-0.2, 0) is 0 Å². The Morgan fingerprint density at radius 1 is 0.436 bits per heavy atom. The van der Waals surface area contributed by atoms with Crippen LogP contribution in [0.5, 0.6) is 0 Å². The Balaban J connectivity index is 4.24. The molecule has 2 nitrogen and oxygen atoms in total. The van der Waals surface area contributed by atoms with Gasteiger partial charge in [0.1, 0.15) is 0 Å². The van der Waals surface area contributed by atoms with Crippen molar-refractivity contribution < 1.29 is 5.11 Å². The highest BCUT2D eigenvalue weighted by Crippen LogP contribution is 2.19. The highest BCUT2D eigenvalue weighted by atomic mass is 16.3. The number of hydrogen-bond donors (Lipinski definition) is 1. The summed E-state index contributed by atoms with van der Waals surface area (Å²) in [6, 6.07) is 0. The van der Waals surface area contributed by atoms with Gasteiger partial charge >= 0.3 is 0 Å². The molecule has 0 amide bonds. The van der Waals surface area contributed by atoms with Crippen molar-refractivity contribution in [2.24, 2.45) is 0 Å². The molecule has 0 fully saturated rings. The zero-order chi connectivity index (χ0) is 28.5. The molecule has 0 aliphatic rings. The zero-order valence-electron chi connectivity index (χ0n) is 27.6. The zero-order valence-corrected chi connectivity index (χ0v) is 27.6. The average molecular weight is 550 g/mol. The van der Waals surface area contributed by atoms with E-state index in [1.165, 1.54) is 186 Å². The maximum Gasteiger partial charge on any atom is 0.0558 e. The summed E-state index contributed by atoms with van der Waals surface area (Å²) < 4.78 is 0. The van der Waals surface area contributed by atoms with Crippen LogP contribution in [0.25, 0.3) is 0 Å². The summed E-state index contributed by atoms with van der Waals surface area (Å²) in [6.07, 6.45) is 41.4. The third-order valence-electron chi connectivity index (χ3n) is 8.56. The van der Waals surface area contributed by atoms with Gasteiger partial charge in [-0.1, -0.05) is 167 Å². The number of nitrogens with zero attached hydrogens (tertiary/aromatic N) is 1. The van der Waals surface area contributed by atoms with Crippen LogP contribution < -0.4 is 0 Å². The van der Waals surface area contributed by atoms with Crippen molar-refractivity contribution in [1.29, 1.82) is 0 Å². The van der Waals surface area contributed by atoms with E-state index in [0.717, 1.165) is 13.1 Å². The minimum Gasteiger partial charge on any atom is -0.395 e. The van der Waals surface area contributed by atoms with Crippen molar-refractivity contribution in [3.8, 4) is 0 Å². The number of hydrogen-bond acceptors (Lipinski definition) is 2. The second-order valence-corrected chi connectivity index (χ2v) is 12.5. The minimum atomic E-state index is 0.302. The molecule has 0 aliphatic heterocycles. The lowest BCUT2D eigenvalue weighted by Gasteiger charge is -2.21. The van der Waals surface area contributed by atoms with Crippen molar-refractivity contribution in [3.05, 3.63) is 11.6 Å². The normalized spacial score (nSPS) is 12.2. The molecule has 0 atom stereocenters. The Morgan fingerprint density at radius 3 is 1.31 bits per heavy atom. The molecule has 234 valence electrons. The molecular formula is C37H75NO. The predicted octanol–water partition coefficient (Wildman–Crippen LogP) is 12.2. The fraction of sp³-hybridized carbons (Fsp3) is 0.946. The molecule has 0 aliphatic carbocycles. The molecule has 0 heterocycles. The van der Waals surface area contributed by atoms with Crippen molar-refractivity contribution >= 4 is 0 Å². The summed E-state index contributed by atoms with van der Waals surface area (Å²) in [5, 5.41) is 9.61. The van der Waals surface area contributed by atoms with E-state index in [-0.39, 0.29) is 0 Å². The molecule has 2 heteroatoms. The van der Waals surface area contributed by atoms with Gasteiger partial charge in [-0.2, -0.15) is 0 Å². The SMILES string of the molecule is CCCCCCCCC/C=C(\CCCCCCCCC)CCCN(CCO)CCCCCCCCCCCC. The van der Waals surface area contributed by atoms with Gasteiger partial charge in [-0.15, -0.1) is 0 Å². The Hall–Kier alpha value is -0.340. The van der Waals surface area contributed by atoms with Gasteiger partial charge in [0.15, 0.2) is 0 Å². The lowest BCUT2D eigenvalue weighted by Crippen LogP contribution is -2.29. The monoisotopic (exact) mass is 550 g/mol. The van der Waals surface area contributed by atoms with E-state index in [9.17, 15) is 5.11 Å². The summed E-state index contributed by atoms with van der Waals surface area (Å²) in [6.45, 7) is 10.4. The molecular weight excluding hydrogens is 474 g/mol. The first-order chi connectivity index (χ1) is 19.3. The van der Waals surface area contributed by atoms with Crippen LogP contribution in [0.4, 0.5) is 0 Å². The summed E-state index contributed by atoms with van der Waals surface area (Å²) in [5.41, 5.74) is 1.73. The maximum atomic E-state index is 9.61. The van der Waals surface area contributed by atoms with Gasteiger partial charge in [0.2, 0.25) is 0 Å². The van der Waals surface area contributed by atoms with E-state index >= 15 is 0 Å². The van der Waals surface area contributed by atoms with Crippen LogP contribution in [0.3, 0.4) is 0 Å². The van der Waals surface area contributed by atoms with Gasteiger partial charge in [0.05, 0.1) is 6.61 Å². The van der Waals surface area contributed by atoms with Crippen LogP contribution in [0.15, 0.2) is 11.6 Å². The average Bonchev–Trinajstić information content (AvgIpc) is 2.94. The van der Waals surface area contributed by atoms with Gasteiger partial charge in [0.25, 0.3) is 0 Å². The van der Waals surface area contributed by atoms with Crippen LogP contribution in [0.1, 0.15) is 201 Å². The minimum absolute atomic E-state index is 0.302. The number of aliphatic hydroxyl groups excluding tert-OH is 1. The van der Waals surface area contributed by atoms with E-state index in [0.29, 0.717) is 6.61 Å². The van der Waals surface area contributed by atoms with Crippen LogP contribution in [0.2, 0.25) is 0 Å². The molecule has 0 aromatic heterocycles. The molecule has 0 rings (SSSR count). The number of rotatable bonds is 33. The standard InChI is InChI=1S/C37H75NO/c1-4-7-10-13-16-18-19-22-25-28-33-38(35-36-39)34-29-32-37(30-26-23-20-15-12-9-6-3)31-27-24-21-17-14-11-8-5-2/h31,39H,4-30,32-36H2,1-3H3/b37-31+. The van der Waals surface area contributed by atoms with Crippen molar-refractivity contribution in [1.82, 2.24) is 4.90 Å². The molecule has 1 N–H and O–H groups in total. The quantitative estimate of drug-likeness (QED) is 0.0650. The Labute approximate surface area is 248 Å². The summed E-state index contributed by atoms with van der Waals surface area (Å²) in [5.74, 6) is 0. The first kappa shape index (κ1) is 38.7. The van der Waals surface area contributed by atoms with E-state index in [1.807, 2.05) is 0 Å². The smallest absolute Gasteiger partial charge is 0.0558 e. The number of allylic oxidation sites excluding steroid dienone is 2. The first-order valence-electron chi connectivity index (χ1n) is 18.3. The van der Waals surface area contributed by atoms with Gasteiger partial charge < -0.3 is 10.0 Å². The predicted molar refractivity (Wildman–Crippen MR) is 178 cm³/mol. The van der Waals surface area contributed by atoms with Gasteiger partial charge in [-0.05, 0) is 58.0 Å². The third kappa shape index (κ3) is 30.4. The second kappa shape index (κ2) is 33.9. The van der Waals surface area contributed by atoms with Gasteiger partial charge in [-0.3, -0.25) is 0 Å². The lowest BCUT2D eigenvalue weighted by molar-refractivity contribution is 0.191. The first-order valence-corrected chi connectivity index (χ1v) is 18.3. The summed E-state index contributed by atoms with van der Waals surface area (Å²) in [4.78, 5) is 2.53. The molecule has 0 unspecified atom stereocenters. The maximum absolute atomic E-state index is 9.61. The number of aliphatic hydroxyl groups is 1. The molecule has 0 spiro atoms. The molecule has 0 saturated carbocycles. The van der Waals surface area contributed by atoms with Gasteiger partial charge in [-0.25, -0.2) is 0 Å². The van der Waals surface area contributed by atoms with E-state index in [1.54, 1.807) is 5.57 Å². The van der Waals surface area contributed by atoms with Crippen LogP contribution in [-0.4, -0.2) is 36.2 Å². The van der Waals surface area contributed by atoms with Crippen molar-refractivity contribution in [3.63, 3.8) is 0 Å². The third-order valence-corrected chi connectivity index (χ3v) is 8.56. The Bertz CT molecular complexity index is 474. The molecule has 0 aromatic carbocycles. The second-order valence-electron chi connectivity index (χ2n) is 12.5. The van der Waals surface area contributed by atoms with Crippen LogP contribution >= 0.6 is 0 Å². The molecule has 39 heavy (non-hydrogen) atoms. The van der Waals surface area contributed by atoms with E-state index in [2.05, 4.69) is 31.7 Å². The topological polar surface area (TPSA) is 23.5 Å². The van der Waals surface area contributed by atoms with E-state index in [4.69, 9.17) is 0 Å². The molecule has 0 radical (unpaired) electrons. The fourth-order valence-corrected chi connectivity index (χ4v) is 5.88. The van der Waals surface area contributed by atoms with Crippen molar-refractivity contribution in [2.75, 3.05) is 26.2 Å². The highest BCUT2D eigenvalue weighted by Gasteiger charge is 2.06. The summed E-state index contributed by atoms with van der Waals surface area (Å²) >= 11 is 0. The Morgan fingerprint density at radius 2 is 0.821 bits per heavy atom. The van der Waals surface area contributed by atoms with E-state index < -0.39 is 0 Å². The molecule has 0 saturated heterocycles. The van der Waals surface area contributed by atoms with Gasteiger partial charge in [0, 0.05) is 6.54 Å². The molecule has 0 bridgehead atoms.